The lowest BCUT2D eigenvalue weighted by atomic mass is 9.78. The first-order valence-corrected chi connectivity index (χ1v) is 13.8. The molecule has 2 aliphatic carbocycles. The number of nitrogens with zero attached hydrogens (tertiary/aromatic N) is 1. The minimum absolute atomic E-state index is 0.0665. The van der Waals surface area contributed by atoms with Gasteiger partial charge in [-0.3, -0.25) is 9.59 Å². The van der Waals surface area contributed by atoms with E-state index in [4.69, 9.17) is 0 Å². The van der Waals surface area contributed by atoms with Gasteiger partial charge in [0.25, 0.3) is 5.91 Å². The lowest BCUT2D eigenvalue weighted by Crippen LogP contribution is -2.49. The van der Waals surface area contributed by atoms with E-state index in [1.54, 1.807) is 0 Å². The van der Waals surface area contributed by atoms with E-state index in [1.165, 1.54) is 30.5 Å². The lowest BCUT2D eigenvalue weighted by Gasteiger charge is -2.37. The lowest BCUT2D eigenvalue weighted by molar-refractivity contribution is -0.137. The number of carbonyl (C=O) groups is 2. The molecule has 204 valence electrons. The third-order valence-corrected chi connectivity index (χ3v) is 8.93. The maximum absolute atomic E-state index is 13.0. The van der Waals surface area contributed by atoms with Crippen molar-refractivity contribution in [2.45, 2.75) is 75.5 Å². The van der Waals surface area contributed by atoms with Crippen LogP contribution in [-0.2, 0) is 11.0 Å². The van der Waals surface area contributed by atoms with Gasteiger partial charge in [-0.1, -0.05) is 42.8 Å². The fraction of sp³-hybridized carbons (Fsp3) is 0.533. The first kappa shape index (κ1) is 26.7. The second kappa shape index (κ2) is 11.1. The van der Waals surface area contributed by atoms with E-state index in [0.29, 0.717) is 31.1 Å². The Kier molecular flexibility index (Phi) is 7.80. The summed E-state index contributed by atoms with van der Waals surface area (Å²) in [6.45, 7) is 1.10. The van der Waals surface area contributed by atoms with Gasteiger partial charge in [0.05, 0.1) is 12.1 Å². The second-order valence-electron chi connectivity index (χ2n) is 11.3. The van der Waals surface area contributed by atoms with E-state index in [9.17, 15) is 22.8 Å². The van der Waals surface area contributed by atoms with Crippen molar-refractivity contribution >= 4 is 11.8 Å². The SMILES string of the molecule is O=C(NCC(=O)N1CC[C@@]2(CCC[C@@H]2NC2CCC(c3ccccc3)CC2)C1)c1cccc(C(F)(F)F)c1. The molecule has 2 amide bonds. The Bertz CT molecular complexity index is 1130. The third kappa shape index (κ3) is 5.90. The summed E-state index contributed by atoms with van der Waals surface area (Å²) in [4.78, 5) is 27.2. The van der Waals surface area contributed by atoms with Gasteiger partial charge in [-0.2, -0.15) is 13.2 Å². The van der Waals surface area contributed by atoms with Crippen molar-refractivity contribution in [1.29, 1.82) is 0 Å². The van der Waals surface area contributed by atoms with Crippen molar-refractivity contribution in [2.75, 3.05) is 19.6 Å². The van der Waals surface area contributed by atoms with Crippen molar-refractivity contribution in [2.24, 2.45) is 5.41 Å². The monoisotopic (exact) mass is 527 g/mol. The molecule has 0 aromatic heterocycles. The molecule has 2 aromatic rings. The summed E-state index contributed by atoms with van der Waals surface area (Å²) in [5, 5.41) is 6.49. The first-order chi connectivity index (χ1) is 18.2. The standard InChI is InChI=1S/C30H36F3N3O2/c31-30(32,33)24-9-4-8-23(18-24)28(38)34-19-27(37)36-17-16-29(20-36)15-5-10-26(29)35-25-13-11-22(12-14-25)21-6-2-1-3-7-21/h1-4,6-9,18,22,25-26,35H,5,10-17,19-20H2,(H,34,38)/t22?,25?,26-,29-/m0/s1. The predicted molar refractivity (Wildman–Crippen MR) is 140 cm³/mol. The number of rotatable bonds is 6. The zero-order valence-corrected chi connectivity index (χ0v) is 21.6. The number of hydrogen-bond acceptors (Lipinski definition) is 3. The van der Waals surface area contributed by atoms with Crippen LogP contribution < -0.4 is 10.6 Å². The van der Waals surface area contributed by atoms with Crippen LogP contribution in [0.3, 0.4) is 0 Å². The van der Waals surface area contributed by atoms with Crippen LogP contribution >= 0.6 is 0 Å². The highest BCUT2D eigenvalue weighted by Crippen LogP contribution is 2.46. The highest BCUT2D eigenvalue weighted by atomic mass is 19.4. The van der Waals surface area contributed by atoms with Gasteiger partial charge in [-0.25, -0.2) is 0 Å². The van der Waals surface area contributed by atoms with Gasteiger partial charge in [0.1, 0.15) is 0 Å². The quantitative estimate of drug-likeness (QED) is 0.520. The fourth-order valence-electron chi connectivity index (χ4n) is 6.81. The summed E-state index contributed by atoms with van der Waals surface area (Å²) in [5.41, 5.74) is 0.518. The number of halogens is 3. The number of benzene rings is 2. The normalized spacial score (nSPS) is 27.6. The summed E-state index contributed by atoms with van der Waals surface area (Å²) in [5.74, 6) is -0.223. The van der Waals surface area contributed by atoms with Gasteiger partial charge in [0.15, 0.2) is 0 Å². The minimum Gasteiger partial charge on any atom is -0.343 e. The molecule has 8 heteroatoms. The molecule has 3 fully saturated rings. The van der Waals surface area contributed by atoms with E-state index in [0.717, 1.165) is 50.7 Å². The molecule has 2 saturated carbocycles. The molecule has 0 radical (unpaired) electrons. The molecule has 1 aliphatic heterocycles. The molecule has 2 N–H and O–H groups in total. The molecule has 3 aliphatic rings. The van der Waals surface area contributed by atoms with Gasteiger partial charge < -0.3 is 15.5 Å². The Hall–Kier alpha value is -2.87. The summed E-state index contributed by atoms with van der Waals surface area (Å²) in [6, 6.07) is 15.9. The van der Waals surface area contributed by atoms with Crippen LogP contribution in [-0.4, -0.2) is 48.4 Å². The Labute approximate surface area is 222 Å². The van der Waals surface area contributed by atoms with Gasteiger partial charge in [0, 0.05) is 36.2 Å². The zero-order valence-electron chi connectivity index (χ0n) is 21.6. The summed E-state index contributed by atoms with van der Waals surface area (Å²) in [7, 11) is 0. The molecular weight excluding hydrogens is 491 g/mol. The Morgan fingerprint density at radius 3 is 2.45 bits per heavy atom. The number of hydrogen-bond donors (Lipinski definition) is 2. The van der Waals surface area contributed by atoms with E-state index in [2.05, 4.69) is 41.0 Å². The predicted octanol–water partition coefficient (Wildman–Crippen LogP) is 5.52. The first-order valence-electron chi connectivity index (χ1n) is 13.8. The Balaban J connectivity index is 1.11. The summed E-state index contributed by atoms with van der Waals surface area (Å²) >= 11 is 0. The average molecular weight is 528 g/mol. The molecule has 2 aromatic carbocycles. The molecule has 0 unspecified atom stereocenters. The molecule has 1 saturated heterocycles. The second-order valence-corrected chi connectivity index (χ2v) is 11.3. The maximum Gasteiger partial charge on any atom is 0.416 e. The molecule has 1 heterocycles. The minimum atomic E-state index is -4.52. The van der Waals surface area contributed by atoms with Gasteiger partial charge in [-0.05, 0) is 74.6 Å². The van der Waals surface area contributed by atoms with Gasteiger partial charge in [-0.15, -0.1) is 0 Å². The van der Waals surface area contributed by atoms with Crippen LogP contribution in [0.1, 0.15) is 78.8 Å². The highest BCUT2D eigenvalue weighted by molar-refractivity contribution is 5.96. The van der Waals surface area contributed by atoms with Crippen molar-refractivity contribution in [3.63, 3.8) is 0 Å². The summed E-state index contributed by atoms with van der Waals surface area (Å²) < 4.78 is 38.9. The van der Waals surface area contributed by atoms with Crippen molar-refractivity contribution in [1.82, 2.24) is 15.5 Å². The van der Waals surface area contributed by atoms with Crippen LogP contribution in [0.2, 0.25) is 0 Å². The zero-order chi connectivity index (χ0) is 26.8. The number of carbonyl (C=O) groups excluding carboxylic acids is 2. The van der Waals surface area contributed by atoms with E-state index in [1.807, 2.05) is 4.90 Å². The van der Waals surface area contributed by atoms with E-state index >= 15 is 0 Å². The fourth-order valence-corrected chi connectivity index (χ4v) is 6.81. The number of amides is 2. The van der Waals surface area contributed by atoms with Gasteiger partial charge in [0.2, 0.25) is 5.91 Å². The van der Waals surface area contributed by atoms with Gasteiger partial charge >= 0.3 is 6.18 Å². The largest absolute Gasteiger partial charge is 0.416 e. The molecular formula is C30H36F3N3O2. The van der Waals surface area contributed by atoms with Crippen LogP contribution in [0.15, 0.2) is 54.6 Å². The van der Waals surface area contributed by atoms with Crippen molar-refractivity contribution < 1.29 is 22.8 Å². The van der Waals surface area contributed by atoms with E-state index < -0.39 is 17.6 Å². The van der Waals surface area contributed by atoms with Crippen LogP contribution in [0.4, 0.5) is 13.2 Å². The topological polar surface area (TPSA) is 61.4 Å². The molecule has 5 rings (SSSR count). The molecule has 2 atom stereocenters. The van der Waals surface area contributed by atoms with Crippen molar-refractivity contribution in [3.05, 3.63) is 71.3 Å². The van der Waals surface area contributed by atoms with Crippen LogP contribution in [0, 0.1) is 5.41 Å². The molecule has 1 spiro atoms. The molecule has 38 heavy (non-hydrogen) atoms. The van der Waals surface area contributed by atoms with E-state index in [-0.39, 0.29) is 23.4 Å². The highest BCUT2D eigenvalue weighted by Gasteiger charge is 2.49. The number of likely N-dealkylation sites (tertiary alicyclic amines) is 1. The van der Waals surface area contributed by atoms with Crippen molar-refractivity contribution in [3.8, 4) is 0 Å². The summed E-state index contributed by atoms with van der Waals surface area (Å²) in [6.07, 6.45) is 4.48. The Morgan fingerprint density at radius 2 is 1.71 bits per heavy atom. The Morgan fingerprint density at radius 1 is 0.947 bits per heavy atom. The number of nitrogens with one attached hydrogen (secondary N) is 2. The average Bonchev–Trinajstić information content (AvgIpc) is 3.54. The van der Waals surface area contributed by atoms with Crippen LogP contribution in [0.25, 0.3) is 0 Å². The number of alkyl halides is 3. The molecule has 0 bridgehead atoms. The third-order valence-electron chi connectivity index (χ3n) is 8.93. The smallest absolute Gasteiger partial charge is 0.343 e. The molecule has 5 nitrogen and oxygen atoms in total. The maximum atomic E-state index is 13.0. The van der Waals surface area contributed by atoms with Crippen LogP contribution in [0.5, 0.6) is 0 Å².